The molecule has 5 nitrogen and oxygen atoms in total. The molecular weight excluding hydrogens is 266 g/mol. The van der Waals surface area contributed by atoms with Crippen molar-refractivity contribution in [2.75, 3.05) is 13.2 Å². The first-order chi connectivity index (χ1) is 8.85. The second kappa shape index (κ2) is 6.88. The van der Waals surface area contributed by atoms with Gasteiger partial charge in [-0.25, -0.2) is 13.1 Å². The van der Waals surface area contributed by atoms with Crippen LogP contribution < -0.4 is 9.46 Å². The first-order valence-corrected chi connectivity index (χ1v) is 7.69. The van der Waals surface area contributed by atoms with Gasteiger partial charge in [0.15, 0.2) is 0 Å². The van der Waals surface area contributed by atoms with Gasteiger partial charge >= 0.3 is 0 Å². The number of ether oxygens (including phenoxy) is 1. The zero-order valence-corrected chi connectivity index (χ0v) is 12.3. The van der Waals surface area contributed by atoms with E-state index in [2.05, 4.69) is 4.72 Å². The van der Waals surface area contributed by atoms with Crippen molar-refractivity contribution in [2.24, 2.45) is 5.92 Å². The molecule has 0 spiro atoms. The first-order valence-electron chi connectivity index (χ1n) is 6.21. The molecule has 1 atom stereocenters. The van der Waals surface area contributed by atoms with Gasteiger partial charge in [-0.05, 0) is 37.1 Å². The normalized spacial score (nSPS) is 13.5. The zero-order valence-electron chi connectivity index (χ0n) is 11.5. The van der Waals surface area contributed by atoms with Crippen LogP contribution in [-0.4, -0.2) is 32.8 Å². The van der Waals surface area contributed by atoms with Crippen molar-refractivity contribution in [3.05, 3.63) is 24.3 Å². The monoisotopic (exact) mass is 287 g/mol. The fraction of sp³-hybridized carbons (Fsp3) is 0.538. The van der Waals surface area contributed by atoms with Gasteiger partial charge in [0.2, 0.25) is 10.0 Å². The molecule has 0 aliphatic carbocycles. The standard InChI is InChI=1S/C13H21NO4S/c1-10(2)9-18-12-4-6-13(7-5-12)19(16,17)14-11(3)8-15/h4-7,10-11,14-15H,8-9H2,1-3H3. The molecule has 1 unspecified atom stereocenters. The van der Waals surface area contributed by atoms with E-state index in [9.17, 15) is 8.42 Å². The van der Waals surface area contributed by atoms with E-state index in [0.29, 0.717) is 18.3 Å². The Kier molecular flexibility index (Phi) is 5.78. The Bertz CT molecular complexity index is 482. The number of benzene rings is 1. The van der Waals surface area contributed by atoms with Crippen molar-refractivity contribution in [1.82, 2.24) is 4.72 Å². The largest absolute Gasteiger partial charge is 0.493 e. The van der Waals surface area contributed by atoms with Crippen LogP contribution in [-0.2, 0) is 10.0 Å². The summed E-state index contributed by atoms with van der Waals surface area (Å²) < 4.78 is 31.7. The molecule has 0 aliphatic heterocycles. The predicted octanol–water partition coefficient (Wildman–Crippen LogP) is 1.38. The van der Waals surface area contributed by atoms with Gasteiger partial charge in [0, 0.05) is 6.04 Å². The van der Waals surface area contributed by atoms with Crippen molar-refractivity contribution < 1.29 is 18.3 Å². The van der Waals surface area contributed by atoms with Gasteiger partial charge in [-0.15, -0.1) is 0 Å². The lowest BCUT2D eigenvalue weighted by Gasteiger charge is -2.12. The van der Waals surface area contributed by atoms with Crippen molar-refractivity contribution in [3.8, 4) is 5.75 Å². The Balaban J connectivity index is 2.75. The lowest BCUT2D eigenvalue weighted by molar-refractivity contribution is 0.265. The Morgan fingerprint density at radius 2 is 1.79 bits per heavy atom. The van der Waals surface area contributed by atoms with E-state index in [1.807, 2.05) is 13.8 Å². The van der Waals surface area contributed by atoms with Crippen LogP contribution in [0, 0.1) is 5.92 Å². The molecule has 0 fully saturated rings. The highest BCUT2D eigenvalue weighted by molar-refractivity contribution is 7.89. The molecule has 1 aromatic rings. The molecular formula is C13H21NO4S. The van der Waals surface area contributed by atoms with Crippen LogP contribution in [0.5, 0.6) is 5.75 Å². The number of aliphatic hydroxyl groups excluding tert-OH is 1. The fourth-order valence-electron chi connectivity index (χ4n) is 1.35. The van der Waals surface area contributed by atoms with Crippen LogP contribution >= 0.6 is 0 Å². The molecule has 1 aromatic carbocycles. The highest BCUT2D eigenvalue weighted by Crippen LogP contribution is 2.16. The second-order valence-electron chi connectivity index (χ2n) is 4.88. The topological polar surface area (TPSA) is 75.6 Å². The lowest BCUT2D eigenvalue weighted by Crippen LogP contribution is -2.34. The second-order valence-corrected chi connectivity index (χ2v) is 6.60. The number of sulfonamides is 1. The van der Waals surface area contributed by atoms with Gasteiger partial charge in [0.25, 0.3) is 0 Å². The highest BCUT2D eigenvalue weighted by Gasteiger charge is 2.16. The first kappa shape index (κ1) is 15.9. The third kappa shape index (κ3) is 5.18. The zero-order chi connectivity index (χ0) is 14.5. The summed E-state index contributed by atoms with van der Waals surface area (Å²) >= 11 is 0. The molecule has 0 heterocycles. The summed E-state index contributed by atoms with van der Waals surface area (Å²) in [6.07, 6.45) is 0. The molecule has 0 bridgehead atoms. The van der Waals surface area contributed by atoms with E-state index < -0.39 is 16.1 Å². The Hall–Kier alpha value is -1.11. The summed E-state index contributed by atoms with van der Waals surface area (Å²) in [5.74, 6) is 1.05. The fourth-order valence-corrected chi connectivity index (χ4v) is 2.58. The molecule has 0 radical (unpaired) electrons. The van der Waals surface area contributed by atoms with E-state index in [-0.39, 0.29) is 11.5 Å². The van der Waals surface area contributed by atoms with Crippen molar-refractivity contribution in [3.63, 3.8) is 0 Å². The number of hydrogen-bond acceptors (Lipinski definition) is 4. The summed E-state index contributed by atoms with van der Waals surface area (Å²) in [6.45, 7) is 6.02. The third-order valence-electron chi connectivity index (χ3n) is 2.35. The molecule has 0 amide bonds. The number of nitrogens with one attached hydrogen (secondary N) is 1. The van der Waals surface area contributed by atoms with Gasteiger partial charge in [-0.1, -0.05) is 13.8 Å². The van der Waals surface area contributed by atoms with Crippen LogP contribution in [0.25, 0.3) is 0 Å². The van der Waals surface area contributed by atoms with E-state index in [0.717, 1.165) is 0 Å². The number of aliphatic hydroxyl groups is 1. The average molecular weight is 287 g/mol. The van der Waals surface area contributed by atoms with Crippen LogP contribution in [0.15, 0.2) is 29.2 Å². The summed E-state index contributed by atoms with van der Waals surface area (Å²) in [7, 11) is -3.59. The quantitative estimate of drug-likeness (QED) is 0.794. The molecule has 1 rings (SSSR count). The minimum Gasteiger partial charge on any atom is -0.493 e. The summed E-state index contributed by atoms with van der Waals surface area (Å²) in [5, 5.41) is 8.86. The third-order valence-corrected chi connectivity index (χ3v) is 3.95. The number of rotatable bonds is 7. The Morgan fingerprint density at radius 3 is 2.26 bits per heavy atom. The van der Waals surface area contributed by atoms with Gasteiger partial charge in [-0.3, -0.25) is 0 Å². The van der Waals surface area contributed by atoms with Gasteiger partial charge in [0.05, 0.1) is 18.1 Å². The smallest absolute Gasteiger partial charge is 0.240 e. The van der Waals surface area contributed by atoms with E-state index >= 15 is 0 Å². The average Bonchev–Trinajstić information content (AvgIpc) is 2.36. The maximum absolute atomic E-state index is 11.9. The van der Waals surface area contributed by atoms with E-state index in [4.69, 9.17) is 9.84 Å². The number of hydrogen-bond donors (Lipinski definition) is 2. The van der Waals surface area contributed by atoms with Crippen molar-refractivity contribution in [1.29, 1.82) is 0 Å². The van der Waals surface area contributed by atoms with Crippen LogP contribution in [0.3, 0.4) is 0 Å². The van der Waals surface area contributed by atoms with E-state index in [1.54, 1.807) is 19.1 Å². The molecule has 6 heteroatoms. The summed E-state index contributed by atoms with van der Waals surface area (Å²) in [6, 6.07) is 5.72. The maximum Gasteiger partial charge on any atom is 0.240 e. The van der Waals surface area contributed by atoms with Gasteiger partial charge in [0.1, 0.15) is 5.75 Å². The lowest BCUT2D eigenvalue weighted by atomic mass is 10.2. The molecule has 19 heavy (non-hydrogen) atoms. The van der Waals surface area contributed by atoms with E-state index in [1.165, 1.54) is 12.1 Å². The van der Waals surface area contributed by atoms with Crippen LogP contribution in [0.1, 0.15) is 20.8 Å². The molecule has 0 saturated carbocycles. The summed E-state index contributed by atoms with van der Waals surface area (Å²) in [4.78, 5) is 0.157. The molecule has 2 N–H and O–H groups in total. The van der Waals surface area contributed by atoms with Crippen molar-refractivity contribution in [2.45, 2.75) is 31.7 Å². The minimum absolute atomic E-state index is 0.157. The Morgan fingerprint density at radius 1 is 1.21 bits per heavy atom. The predicted molar refractivity (Wildman–Crippen MR) is 73.6 cm³/mol. The van der Waals surface area contributed by atoms with Crippen LogP contribution in [0.2, 0.25) is 0 Å². The summed E-state index contributed by atoms with van der Waals surface area (Å²) in [5.41, 5.74) is 0. The molecule has 108 valence electrons. The van der Waals surface area contributed by atoms with Gasteiger partial charge < -0.3 is 9.84 Å². The SMILES string of the molecule is CC(C)COc1ccc(S(=O)(=O)NC(C)CO)cc1. The molecule has 0 aromatic heterocycles. The van der Waals surface area contributed by atoms with Crippen LogP contribution in [0.4, 0.5) is 0 Å². The van der Waals surface area contributed by atoms with Crippen molar-refractivity contribution >= 4 is 10.0 Å². The molecule has 0 saturated heterocycles. The molecule has 0 aliphatic rings. The minimum atomic E-state index is -3.59. The highest BCUT2D eigenvalue weighted by atomic mass is 32.2. The maximum atomic E-state index is 11.9. The van der Waals surface area contributed by atoms with Gasteiger partial charge in [-0.2, -0.15) is 0 Å². The Labute approximate surface area is 114 Å².